The summed E-state index contributed by atoms with van der Waals surface area (Å²) in [6.07, 6.45) is 2.93. The summed E-state index contributed by atoms with van der Waals surface area (Å²) in [5.74, 6) is 0.116. The van der Waals surface area contributed by atoms with E-state index in [9.17, 15) is 13.2 Å². The van der Waals surface area contributed by atoms with Gasteiger partial charge in [-0.25, -0.2) is 17.9 Å². The Kier molecular flexibility index (Phi) is 4.73. The molecule has 0 bridgehead atoms. The molecule has 0 saturated carbocycles. The molecule has 1 amide bonds. The molecule has 5 rings (SSSR count). The van der Waals surface area contributed by atoms with Gasteiger partial charge >= 0.3 is 0 Å². The number of carbonyl (C=O) groups excluding carboxylic acids is 1. The highest BCUT2D eigenvalue weighted by Gasteiger charge is 2.38. The predicted molar refractivity (Wildman–Crippen MR) is 124 cm³/mol. The van der Waals surface area contributed by atoms with E-state index in [1.54, 1.807) is 6.07 Å². The van der Waals surface area contributed by atoms with Gasteiger partial charge in [-0.05, 0) is 49.7 Å². The number of benzene rings is 2. The Hall–Kier alpha value is -4.50. The van der Waals surface area contributed by atoms with E-state index in [0.717, 1.165) is 5.56 Å². The zero-order chi connectivity index (χ0) is 24.1. The molecule has 2 aromatic heterocycles. The third-order valence-corrected chi connectivity index (χ3v) is 6.86. The van der Waals surface area contributed by atoms with Crippen LogP contribution in [0.4, 0.5) is 23.1 Å². The Morgan fingerprint density at radius 3 is 2.79 bits per heavy atom. The summed E-state index contributed by atoms with van der Waals surface area (Å²) in [4.78, 5) is 20.6. The number of aromatic nitrogens is 4. The first-order valence-corrected chi connectivity index (χ1v) is 11.6. The Labute approximate surface area is 194 Å². The summed E-state index contributed by atoms with van der Waals surface area (Å²) in [7, 11) is -4.02. The standard InChI is InChI=1S/C22H18N8O3S/c1-22(2)16-7-6-14(11-17(16)26-20(22)31)25-21-27-19-18(24-8-9-30(19)28-21)29-34(32,33)15-5-3-4-13(10-15)12-23/h3-11H,1-2H3,(H,24,29)(H,25,28)(H,26,31). The number of nitriles is 1. The molecular weight excluding hydrogens is 456 g/mol. The fourth-order valence-corrected chi connectivity index (χ4v) is 4.72. The van der Waals surface area contributed by atoms with Crippen molar-refractivity contribution in [1.82, 2.24) is 19.6 Å². The number of amides is 1. The molecule has 0 atom stereocenters. The predicted octanol–water partition coefficient (Wildman–Crippen LogP) is 2.77. The van der Waals surface area contributed by atoms with E-state index in [1.807, 2.05) is 32.0 Å². The molecule has 11 nitrogen and oxygen atoms in total. The smallest absolute Gasteiger partial charge is 0.263 e. The first kappa shape index (κ1) is 21.4. The van der Waals surface area contributed by atoms with Crippen LogP contribution in [0.5, 0.6) is 0 Å². The van der Waals surface area contributed by atoms with E-state index in [4.69, 9.17) is 5.26 Å². The highest BCUT2D eigenvalue weighted by Crippen LogP contribution is 2.38. The van der Waals surface area contributed by atoms with E-state index < -0.39 is 15.4 Å². The van der Waals surface area contributed by atoms with Crippen LogP contribution in [-0.4, -0.2) is 33.9 Å². The monoisotopic (exact) mass is 474 g/mol. The average molecular weight is 475 g/mol. The number of sulfonamides is 1. The lowest BCUT2D eigenvalue weighted by atomic mass is 9.86. The Morgan fingerprint density at radius 2 is 2.00 bits per heavy atom. The molecule has 1 aliphatic rings. The van der Waals surface area contributed by atoms with Gasteiger partial charge in [0.1, 0.15) is 0 Å². The zero-order valence-corrected chi connectivity index (χ0v) is 18.9. The summed E-state index contributed by atoms with van der Waals surface area (Å²) >= 11 is 0. The van der Waals surface area contributed by atoms with Crippen LogP contribution in [0.25, 0.3) is 5.65 Å². The number of fused-ring (bicyclic) bond motifs is 2. The number of carbonyl (C=O) groups is 1. The Morgan fingerprint density at radius 1 is 1.18 bits per heavy atom. The van der Waals surface area contributed by atoms with Crippen LogP contribution >= 0.6 is 0 Å². The molecule has 2 aromatic carbocycles. The van der Waals surface area contributed by atoms with E-state index >= 15 is 0 Å². The van der Waals surface area contributed by atoms with Crippen LogP contribution < -0.4 is 15.4 Å². The van der Waals surface area contributed by atoms with Gasteiger partial charge in [0.15, 0.2) is 5.82 Å². The summed E-state index contributed by atoms with van der Waals surface area (Å²) in [6, 6.07) is 13.0. The molecule has 170 valence electrons. The lowest BCUT2D eigenvalue weighted by Crippen LogP contribution is -2.26. The van der Waals surface area contributed by atoms with Crippen molar-refractivity contribution in [3.8, 4) is 6.07 Å². The molecular formula is C22H18N8O3S. The number of anilines is 4. The van der Waals surface area contributed by atoms with Crippen LogP contribution in [0.3, 0.4) is 0 Å². The van der Waals surface area contributed by atoms with Crippen molar-refractivity contribution >= 4 is 44.7 Å². The maximum atomic E-state index is 12.8. The second-order valence-electron chi connectivity index (χ2n) is 8.19. The second kappa shape index (κ2) is 7.53. The molecule has 12 heteroatoms. The van der Waals surface area contributed by atoms with Crippen LogP contribution in [0.2, 0.25) is 0 Å². The topological polar surface area (TPSA) is 154 Å². The summed E-state index contributed by atoms with van der Waals surface area (Å²) in [5.41, 5.74) is 2.04. The molecule has 0 radical (unpaired) electrons. The maximum Gasteiger partial charge on any atom is 0.263 e. The highest BCUT2D eigenvalue weighted by molar-refractivity contribution is 7.92. The normalized spacial score (nSPS) is 14.3. The largest absolute Gasteiger partial charge is 0.325 e. The fraction of sp³-hybridized carbons (Fsp3) is 0.136. The van der Waals surface area contributed by atoms with Gasteiger partial charge in [-0.1, -0.05) is 12.1 Å². The molecule has 34 heavy (non-hydrogen) atoms. The molecule has 0 saturated heterocycles. The Bertz CT molecular complexity index is 1620. The quantitative estimate of drug-likeness (QED) is 0.399. The van der Waals surface area contributed by atoms with Crippen molar-refractivity contribution < 1.29 is 13.2 Å². The fourth-order valence-electron chi connectivity index (χ4n) is 3.66. The SMILES string of the molecule is CC1(C)C(=O)Nc2cc(Nc3nc4c(NS(=O)(=O)c5cccc(C#N)c5)nccn4n3)ccc21. The minimum atomic E-state index is -4.02. The number of nitrogens with zero attached hydrogens (tertiary/aromatic N) is 5. The average Bonchev–Trinajstić information content (AvgIpc) is 3.31. The van der Waals surface area contributed by atoms with Crippen LogP contribution in [0.15, 0.2) is 59.8 Å². The van der Waals surface area contributed by atoms with Crippen LogP contribution in [0.1, 0.15) is 25.0 Å². The first-order chi connectivity index (χ1) is 16.2. The number of hydrogen-bond acceptors (Lipinski definition) is 8. The van der Waals surface area contributed by atoms with Crippen LogP contribution in [-0.2, 0) is 20.2 Å². The van der Waals surface area contributed by atoms with E-state index in [2.05, 4.69) is 30.4 Å². The molecule has 0 spiro atoms. The van der Waals surface area contributed by atoms with Gasteiger partial charge in [0, 0.05) is 23.8 Å². The second-order valence-corrected chi connectivity index (χ2v) is 9.87. The van der Waals surface area contributed by atoms with E-state index in [-0.39, 0.29) is 33.8 Å². The van der Waals surface area contributed by atoms with E-state index in [1.165, 1.54) is 41.2 Å². The minimum Gasteiger partial charge on any atom is -0.325 e. The maximum absolute atomic E-state index is 12.8. The molecule has 3 N–H and O–H groups in total. The number of nitrogens with one attached hydrogen (secondary N) is 3. The summed E-state index contributed by atoms with van der Waals surface area (Å²) in [5, 5.41) is 19.3. The van der Waals surface area contributed by atoms with Gasteiger partial charge in [0.2, 0.25) is 17.5 Å². The molecule has 0 aliphatic carbocycles. The first-order valence-electron chi connectivity index (χ1n) is 10.1. The molecule has 3 heterocycles. The zero-order valence-electron chi connectivity index (χ0n) is 18.1. The van der Waals surface area contributed by atoms with Crippen molar-refractivity contribution in [2.75, 3.05) is 15.4 Å². The summed E-state index contributed by atoms with van der Waals surface area (Å²) in [6.45, 7) is 3.72. The molecule has 0 fully saturated rings. The molecule has 4 aromatic rings. The van der Waals surface area contributed by atoms with Crippen molar-refractivity contribution in [1.29, 1.82) is 5.26 Å². The van der Waals surface area contributed by atoms with Crippen molar-refractivity contribution in [3.63, 3.8) is 0 Å². The number of hydrogen-bond donors (Lipinski definition) is 3. The molecule has 0 unspecified atom stereocenters. The van der Waals surface area contributed by atoms with Gasteiger partial charge in [-0.3, -0.25) is 9.52 Å². The van der Waals surface area contributed by atoms with Crippen LogP contribution in [0, 0.1) is 11.3 Å². The third-order valence-electron chi connectivity index (χ3n) is 5.52. The van der Waals surface area contributed by atoms with Gasteiger partial charge in [0.05, 0.1) is 21.9 Å². The third kappa shape index (κ3) is 3.57. The van der Waals surface area contributed by atoms with Gasteiger partial charge in [0.25, 0.3) is 10.0 Å². The molecule has 1 aliphatic heterocycles. The number of rotatable bonds is 5. The lowest BCUT2D eigenvalue weighted by Gasteiger charge is -2.14. The van der Waals surface area contributed by atoms with Crippen molar-refractivity contribution in [2.24, 2.45) is 0 Å². The minimum absolute atomic E-state index is 0.0200. The summed E-state index contributed by atoms with van der Waals surface area (Å²) < 4.78 is 29.5. The van der Waals surface area contributed by atoms with Gasteiger partial charge < -0.3 is 10.6 Å². The lowest BCUT2D eigenvalue weighted by molar-refractivity contribution is -0.119. The van der Waals surface area contributed by atoms with Gasteiger partial charge in [-0.15, -0.1) is 5.10 Å². The van der Waals surface area contributed by atoms with Gasteiger partial charge in [-0.2, -0.15) is 10.2 Å². The van der Waals surface area contributed by atoms with Crippen molar-refractivity contribution in [2.45, 2.75) is 24.2 Å². The Balaban J connectivity index is 1.44. The van der Waals surface area contributed by atoms with E-state index in [0.29, 0.717) is 11.4 Å². The van der Waals surface area contributed by atoms with Crippen molar-refractivity contribution in [3.05, 3.63) is 66.0 Å². The highest BCUT2D eigenvalue weighted by atomic mass is 32.2.